The van der Waals surface area contributed by atoms with Crippen LogP contribution in [0.5, 0.6) is 5.75 Å². The average molecular weight is 364 g/mol. The van der Waals surface area contributed by atoms with Crippen molar-refractivity contribution in [2.45, 2.75) is 11.8 Å². The van der Waals surface area contributed by atoms with Crippen LogP contribution in [-0.2, 0) is 10.1 Å². The zero-order chi connectivity index (χ0) is 18.9. The highest BCUT2D eigenvalue weighted by molar-refractivity contribution is 7.85. The summed E-state index contributed by atoms with van der Waals surface area (Å²) >= 11 is 0. The molecule has 0 saturated heterocycles. The van der Waals surface area contributed by atoms with Gasteiger partial charge in [0.25, 0.3) is 10.1 Å². The Morgan fingerprint density at radius 2 is 1.64 bits per heavy atom. The molecule has 0 unspecified atom stereocenters. The Hall–Kier alpha value is -2.91. The minimum absolute atomic E-state index is 0.0604. The number of methoxy groups -OCH3 is 1. The van der Waals surface area contributed by atoms with Gasteiger partial charge in [-0.3, -0.25) is 4.55 Å². The Morgan fingerprint density at radius 3 is 2.08 bits per heavy atom. The zero-order valence-electron chi connectivity index (χ0n) is 13.8. The molecule has 0 aromatic heterocycles. The number of hydrogen-bond donors (Lipinski definition) is 3. The summed E-state index contributed by atoms with van der Waals surface area (Å²) in [7, 11) is -2.41. The number of aryl methyl sites for hydroxylation is 1. The summed E-state index contributed by atoms with van der Waals surface area (Å²) in [5.74, 6) is 0.735. The lowest BCUT2D eigenvalue weighted by Gasteiger charge is -1.97. The molecule has 0 radical (unpaired) electrons. The summed E-state index contributed by atoms with van der Waals surface area (Å²) in [4.78, 5) is -0.0666. The Bertz CT molecular complexity index is 825. The highest BCUT2D eigenvalue weighted by atomic mass is 32.2. The molecule has 0 bridgehead atoms. The van der Waals surface area contributed by atoms with Gasteiger partial charge in [0.05, 0.1) is 18.2 Å². The van der Waals surface area contributed by atoms with Crippen LogP contribution in [0, 0.1) is 6.92 Å². The summed E-state index contributed by atoms with van der Waals surface area (Å²) in [6.07, 6.45) is 1.55. The van der Waals surface area contributed by atoms with E-state index >= 15 is 0 Å². The van der Waals surface area contributed by atoms with E-state index in [9.17, 15) is 8.42 Å². The largest absolute Gasteiger partial charge is 0.497 e. The van der Waals surface area contributed by atoms with E-state index in [1.54, 1.807) is 25.5 Å². The SMILES string of the molecule is COc1ccc(/C=N/N=C(N)N)cc1.Cc1ccc(S(=O)(=O)O)cc1. The molecule has 134 valence electrons. The maximum atomic E-state index is 10.5. The summed E-state index contributed by atoms with van der Waals surface area (Å²) in [5, 5.41) is 7.14. The topological polar surface area (TPSA) is 140 Å². The number of hydrogen-bond acceptors (Lipinski definition) is 5. The molecular formula is C16H20N4O4S. The Balaban J connectivity index is 0.000000257. The number of ether oxygens (including phenoxy) is 1. The lowest BCUT2D eigenvalue weighted by Crippen LogP contribution is -2.21. The first-order valence-corrected chi connectivity index (χ1v) is 8.46. The molecule has 0 heterocycles. The molecule has 0 fully saturated rings. The number of nitrogens with zero attached hydrogens (tertiary/aromatic N) is 2. The summed E-state index contributed by atoms with van der Waals surface area (Å²) < 4.78 is 34.6. The highest BCUT2D eigenvalue weighted by Crippen LogP contribution is 2.10. The third kappa shape index (κ3) is 7.95. The van der Waals surface area contributed by atoms with E-state index in [1.807, 2.05) is 31.2 Å². The molecule has 0 amide bonds. The quantitative estimate of drug-likeness (QED) is 0.325. The van der Waals surface area contributed by atoms with E-state index in [1.165, 1.54) is 12.1 Å². The second kappa shape index (κ2) is 9.40. The van der Waals surface area contributed by atoms with Crippen molar-refractivity contribution in [3.8, 4) is 5.75 Å². The average Bonchev–Trinajstić information content (AvgIpc) is 2.55. The standard InChI is InChI=1S/C9H12N4O.C7H8O3S/c1-14-8-4-2-7(3-5-8)6-12-13-9(10)11;1-6-2-4-7(5-3-6)11(8,9)10/h2-6H,1H3,(H4,10,11,13);2-5H,1H3,(H,8,9,10)/b12-6+;. The summed E-state index contributed by atoms with van der Waals surface area (Å²) in [6.45, 7) is 1.84. The lowest BCUT2D eigenvalue weighted by molar-refractivity contribution is 0.415. The van der Waals surface area contributed by atoms with Crippen molar-refractivity contribution < 1.29 is 17.7 Å². The van der Waals surface area contributed by atoms with Gasteiger partial charge in [-0.15, -0.1) is 5.10 Å². The number of benzene rings is 2. The van der Waals surface area contributed by atoms with Gasteiger partial charge in [-0.1, -0.05) is 17.7 Å². The van der Waals surface area contributed by atoms with Crippen molar-refractivity contribution in [1.29, 1.82) is 0 Å². The van der Waals surface area contributed by atoms with Gasteiger partial charge in [-0.2, -0.15) is 13.5 Å². The molecule has 9 heteroatoms. The van der Waals surface area contributed by atoms with Crippen LogP contribution in [0.25, 0.3) is 0 Å². The minimum Gasteiger partial charge on any atom is -0.497 e. The third-order valence-corrected chi connectivity index (χ3v) is 3.68. The Labute approximate surface area is 146 Å². The molecule has 0 saturated carbocycles. The smallest absolute Gasteiger partial charge is 0.294 e. The highest BCUT2D eigenvalue weighted by Gasteiger charge is 2.06. The summed E-state index contributed by atoms with van der Waals surface area (Å²) in [6, 6.07) is 13.4. The van der Waals surface area contributed by atoms with Crippen molar-refractivity contribution in [3.05, 3.63) is 59.7 Å². The van der Waals surface area contributed by atoms with Gasteiger partial charge in [-0.25, -0.2) is 0 Å². The van der Waals surface area contributed by atoms with Crippen molar-refractivity contribution in [1.82, 2.24) is 0 Å². The first-order chi connectivity index (χ1) is 11.7. The van der Waals surface area contributed by atoms with Gasteiger partial charge in [0.2, 0.25) is 5.96 Å². The van der Waals surface area contributed by atoms with Crippen molar-refractivity contribution in [2.24, 2.45) is 21.7 Å². The van der Waals surface area contributed by atoms with Gasteiger partial charge in [0, 0.05) is 0 Å². The third-order valence-electron chi connectivity index (χ3n) is 2.81. The van der Waals surface area contributed by atoms with Crippen LogP contribution in [0.3, 0.4) is 0 Å². The van der Waals surface area contributed by atoms with Crippen LogP contribution >= 0.6 is 0 Å². The van der Waals surface area contributed by atoms with Gasteiger partial charge in [0.15, 0.2) is 0 Å². The Morgan fingerprint density at radius 1 is 1.08 bits per heavy atom. The van der Waals surface area contributed by atoms with Crippen molar-refractivity contribution >= 4 is 22.3 Å². The summed E-state index contributed by atoms with van der Waals surface area (Å²) in [5.41, 5.74) is 12.0. The van der Waals surface area contributed by atoms with Crippen LogP contribution in [0.2, 0.25) is 0 Å². The molecule has 0 aliphatic carbocycles. The normalized spacial score (nSPS) is 10.7. The van der Waals surface area contributed by atoms with Gasteiger partial charge in [-0.05, 0) is 48.9 Å². The molecule has 2 rings (SSSR count). The maximum absolute atomic E-state index is 10.5. The first kappa shape index (κ1) is 20.1. The van der Waals surface area contributed by atoms with Gasteiger partial charge >= 0.3 is 0 Å². The molecule has 2 aromatic carbocycles. The number of rotatable bonds is 4. The number of guanidine groups is 1. The van der Waals surface area contributed by atoms with E-state index in [0.29, 0.717) is 0 Å². The molecule has 2 aromatic rings. The van der Waals surface area contributed by atoms with Crippen LogP contribution in [0.15, 0.2) is 63.6 Å². The second-order valence-corrected chi connectivity index (χ2v) is 6.25. The maximum Gasteiger partial charge on any atom is 0.294 e. The molecule has 5 N–H and O–H groups in total. The second-order valence-electron chi connectivity index (χ2n) is 4.83. The van der Waals surface area contributed by atoms with E-state index in [-0.39, 0.29) is 10.9 Å². The molecule has 0 spiro atoms. The van der Waals surface area contributed by atoms with E-state index in [4.69, 9.17) is 20.8 Å². The fraction of sp³-hybridized carbons (Fsp3) is 0.125. The molecule has 25 heavy (non-hydrogen) atoms. The molecule has 8 nitrogen and oxygen atoms in total. The van der Waals surface area contributed by atoms with E-state index in [0.717, 1.165) is 16.9 Å². The lowest BCUT2D eigenvalue weighted by atomic mass is 10.2. The van der Waals surface area contributed by atoms with Crippen LogP contribution < -0.4 is 16.2 Å². The van der Waals surface area contributed by atoms with Crippen LogP contribution in [0.1, 0.15) is 11.1 Å². The van der Waals surface area contributed by atoms with Crippen LogP contribution in [-0.4, -0.2) is 32.3 Å². The fourth-order valence-corrected chi connectivity index (χ4v) is 2.04. The molecule has 0 atom stereocenters. The Kier molecular flexibility index (Phi) is 7.57. The van der Waals surface area contributed by atoms with Crippen molar-refractivity contribution in [3.63, 3.8) is 0 Å². The fourth-order valence-electron chi connectivity index (χ4n) is 1.56. The van der Waals surface area contributed by atoms with E-state index in [2.05, 4.69) is 10.2 Å². The predicted molar refractivity (Wildman–Crippen MR) is 97.4 cm³/mol. The van der Waals surface area contributed by atoms with Gasteiger partial charge in [0.1, 0.15) is 5.75 Å². The van der Waals surface area contributed by atoms with Crippen LogP contribution in [0.4, 0.5) is 0 Å². The van der Waals surface area contributed by atoms with Crippen molar-refractivity contribution in [2.75, 3.05) is 7.11 Å². The predicted octanol–water partition coefficient (Wildman–Crippen LogP) is 1.54. The zero-order valence-corrected chi connectivity index (χ0v) is 14.6. The molecular weight excluding hydrogens is 344 g/mol. The minimum atomic E-state index is -4.02. The molecule has 0 aliphatic heterocycles. The molecule has 0 aliphatic rings. The first-order valence-electron chi connectivity index (χ1n) is 7.02. The van der Waals surface area contributed by atoms with E-state index < -0.39 is 10.1 Å². The van der Waals surface area contributed by atoms with Gasteiger partial charge < -0.3 is 16.2 Å². The monoisotopic (exact) mass is 364 g/mol. The number of nitrogens with two attached hydrogens (primary N) is 2.